The quantitative estimate of drug-likeness (QED) is 0.734. The molecule has 0 radical (unpaired) electrons. The number of rotatable bonds is 4. The van der Waals surface area contributed by atoms with Crippen LogP contribution in [-0.4, -0.2) is 16.9 Å². The molecule has 3 unspecified atom stereocenters. The summed E-state index contributed by atoms with van der Waals surface area (Å²) in [6.45, 7) is 1.99. The Kier molecular flexibility index (Phi) is 3.47. The molecule has 0 bridgehead atoms. The van der Waals surface area contributed by atoms with Crippen molar-refractivity contribution in [3.05, 3.63) is 0 Å². The van der Waals surface area contributed by atoms with Crippen molar-refractivity contribution < 1.29 is 4.79 Å². The van der Waals surface area contributed by atoms with Gasteiger partial charge in [0.15, 0.2) is 0 Å². The number of hydrogen-bond donors (Lipinski definition) is 2. The van der Waals surface area contributed by atoms with E-state index in [2.05, 4.69) is 5.32 Å². The normalized spacial score (nSPS) is 33.7. The first kappa shape index (κ1) is 11.8. The van der Waals surface area contributed by atoms with Gasteiger partial charge in [0.1, 0.15) is 0 Å². The van der Waals surface area contributed by atoms with E-state index < -0.39 is 0 Å². The fourth-order valence-electron chi connectivity index (χ4n) is 3.02. The lowest BCUT2D eigenvalue weighted by molar-refractivity contribution is -0.123. The van der Waals surface area contributed by atoms with Crippen LogP contribution in [0.2, 0.25) is 0 Å². The fourth-order valence-corrected chi connectivity index (χ4v) is 3.25. The molecule has 0 aromatic rings. The molecular weight excluding hydrogens is 220 g/mol. The Balaban J connectivity index is 1.87. The van der Waals surface area contributed by atoms with Crippen LogP contribution < -0.4 is 11.1 Å². The van der Waals surface area contributed by atoms with E-state index in [-0.39, 0.29) is 17.9 Å². The first-order valence-corrected chi connectivity index (χ1v) is 6.65. The minimum Gasteiger partial charge on any atom is -0.392 e. The average molecular weight is 240 g/mol. The van der Waals surface area contributed by atoms with Crippen molar-refractivity contribution in [3.8, 4) is 0 Å². The summed E-state index contributed by atoms with van der Waals surface area (Å²) in [6, 6.07) is -0.120. The first-order chi connectivity index (χ1) is 7.65. The average Bonchev–Trinajstić information content (AvgIpc) is 2.99. The highest BCUT2D eigenvalue weighted by Crippen LogP contribution is 2.55. The van der Waals surface area contributed by atoms with Crippen LogP contribution in [0.15, 0.2) is 0 Å². The third-order valence-electron chi connectivity index (χ3n) is 4.03. The topological polar surface area (TPSA) is 55.1 Å². The van der Waals surface area contributed by atoms with Gasteiger partial charge >= 0.3 is 0 Å². The van der Waals surface area contributed by atoms with E-state index in [1.54, 1.807) is 0 Å². The molecule has 0 aliphatic heterocycles. The predicted octanol–water partition coefficient (Wildman–Crippen LogP) is 1.60. The van der Waals surface area contributed by atoms with E-state index >= 15 is 0 Å². The molecule has 3 nitrogen and oxygen atoms in total. The van der Waals surface area contributed by atoms with Crippen LogP contribution in [0.5, 0.6) is 0 Å². The minimum atomic E-state index is -0.120. The van der Waals surface area contributed by atoms with Crippen LogP contribution >= 0.6 is 12.2 Å². The summed E-state index contributed by atoms with van der Waals surface area (Å²) in [5, 5.41) is 2.98. The molecule has 2 rings (SSSR count). The van der Waals surface area contributed by atoms with Crippen molar-refractivity contribution in [2.75, 3.05) is 0 Å². The largest absolute Gasteiger partial charge is 0.392 e. The number of nitrogens with two attached hydrogens (primary N) is 1. The second-order valence-electron chi connectivity index (χ2n) is 5.01. The molecule has 4 heteroatoms. The van der Waals surface area contributed by atoms with Gasteiger partial charge in [-0.2, -0.15) is 0 Å². The molecule has 1 amide bonds. The van der Waals surface area contributed by atoms with Crippen LogP contribution in [0.1, 0.15) is 39.0 Å². The standard InChI is InChI=1S/C12H20N2OS/c1-2-9(11(13)16)14-12(15)10-7-5-3-4-6-8(7)10/h7-10H,2-6H2,1H3,(H2,13,16)(H,14,15). The van der Waals surface area contributed by atoms with E-state index in [0.717, 1.165) is 6.42 Å². The van der Waals surface area contributed by atoms with E-state index in [9.17, 15) is 4.79 Å². The van der Waals surface area contributed by atoms with Gasteiger partial charge < -0.3 is 11.1 Å². The summed E-state index contributed by atoms with van der Waals surface area (Å²) in [7, 11) is 0. The summed E-state index contributed by atoms with van der Waals surface area (Å²) in [6.07, 6.45) is 5.82. The molecule has 0 saturated heterocycles. The summed E-state index contributed by atoms with van der Waals surface area (Å²) >= 11 is 4.93. The zero-order chi connectivity index (χ0) is 11.7. The van der Waals surface area contributed by atoms with Crippen molar-refractivity contribution in [1.29, 1.82) is 0 Å². The molecule has 90 valence electrons. The third-order valence-corrected chi connectivity index (χ3v) is 4.31. The molecule has 0 heterocycles. The summed E-state index contributed by atoms with van der Waals surface area (Å²) in [5.41, 5.74) is 5.58. The molecule has 0 aromatic carbocycles. The zero-order valence-corrected chi connectivity index (χ0v) is 10.6. The number of thiocarbonyl (C=S) groups is 1. The van der Waals surface area contributed by atoms with E-state index in [4.69, 9.17) is 18.0 Å². The SMILES string of the molecule is CCC(NC(=O)C1C2CCCCC21)C(N)=S. The van der Waals surface area contributed by atoms with Gasteiger partial charge in [-0.1, -0.05) is 32.0 Å². The van der Waals surface area contributed by atoms with Crippen LogP contribution in [0.3, 0.4) is 0 Å². The fraction of sp³-hybridized carbons (Fsp3) is 0.833. The molecule has 0 spiro atoms. The van der Waals surface area contributed by atoms with Gasteiger partial charge in [-0.3, -0.25) is 4.79 Å². The first-order valence-electron chi connectivity index (χ1n) is 6.24. The van der Waals surface area contributed by atoms with Crippen molar-refractivity contribution in [3.63, 3.8) is 0 Å². The number of hydrogen-bond acceptors (Lipinski definition) is 2. The van der Waals surface area contributed by atoms with Crippen molar-refractivity contribution in [2.24, 2.45) is 23.5 Å². The number of nitrogens with one attached hydrogen (secondary N) is 1. The Bertz CT molecular complexity index is 293. The Hall–Kier alpha value is -0.640. The van der Waals surface area contributed by atoms with Gasteiger partial charge in [-0.15, -0.1) is 0 Å². The molecule has 2 fully saturated rings. The molecule has 2 saturated carbocycles. The van der Waals surface area contributed by atoms with Crippen molar-refractivity contribution >= 4 is 23.1 Å². The zero-order valence-electron chi connectivity index (χ0n) is 9.74. The van der Waals surface area contributed by atoms with Crippen molar-refractivity contribution in [2.45, 2.75) is 45.1 Å². The molecule has 3 atom stereocenters. The Morgan fingerprint density at radius 3 is 2.44 bits per heavy atom. The Morgan fingerprint density at radius 2 is 2.00 bits per heavy atom. The lowest BCUT2D eigenvalue weighted by Gasteiger charge is -2.15. The smallest absolute Gasteiger partial charge is 0.224 e. The van der Waals surface area contributed by atoms with Crippen LogP contribution in [-0.2, 0) is 4.79 Å². The van der Waals surface area contributed by atoms with E-state index in [1.807, 2.05) is 6.92 Å². The number of fused-ring (bicyclic) bond motifs is 1. The van der Waals surface area contributed by atoms with Crippen LogP contribution in [0.25, 0.3) is 0 Å². The summed E-state index contributed by atoms with van der Waals surface area (Å²) < 4.78 is 0. The highest BCUT2D eigenvalue weighted by Gasteiger charge is 2.54. The molecule has 2 aliphatic rings. The number of amides is 1. The lowest BCUT2D eigenvalue weighted by atomic mass is 10.0. The van der Waals surface area contributed by atoms with Gasteiger partial charge in [0.05, 0.1) is 11.0 Å². The maximum atomic E-state index is 12.0. The Morgan fingerprint density at radius 1 is 1.44 bits per heavy atom. The van der Waals surface area contributed by atoms with Gasteiger partial charge in [-0.25, -0.2) is 0 Å². The molecule has 3 N–H and O–H groups in total. The van der Waals surface area contributed by atoms with E-state index in [0.29, 0.717) is 16.8 Å². The molecule has 16 heavy (non-hydrogen) atoms. The monoisotopic (exact) mass is 240 g/mol. The number of carbonyl (C=O) groups excluding carboxylic acids is 1. The van der Waals surface area contributed by atoms with Crippen LogP contribution in [0, 0.1) is 17.8 Å². The minimum absolute atomic E-state index is 0.120. The summed E-state index contributed by atoms with van der Waals surface area (Å²) in [5.74, 6) is 1.73. The molecule has 0 aromatic heterocycles. The van der Waals surface area contributed by atoms with Gasteiger partial charge in [0.2, 0.25) is 5.91 Å². The second-order valence-corrected chi connectivity index (χ2v) is 5.48. The highest BCUT2D eigenvalue weighted by atomic mass is 32.1. The lowest BCUT2D eigenvalue weighted by Crippen LogP contribution is -2.44. The maximum Gasteiger partial charge on any atom is 0.224 e. The van der Waals surface area contributed by atoms with E-state index in [1.165, 1.54) is 25.7 Å². The van der Waals surface area contributed by atoms with Crippen molar-refractivity contribution in [1.82, 2.24) is 5.32 Å². The Labute approximate surface area is 102 Å². The highest BCUT2D eigenvalue weighted by molar-refractivity contribution is 7.80. The number of carbonyl (C=O) groups is 1. The van der Waals surface area contributed by atoms with Gasteiger partial charge in [0.25, 0.3) is 0 Å². The third kappa shape index (κ3) is 2.21. The second kappa shape index (κ2) is 4.70. The predicted molar refractivity (Wildman–Crippen MR) is 67.9 cm³/mol. The molecule has 2 aliphatic carbocycles. The summed E-state index contributed by atoms with van der Waals surface area (Å²) in [4.78, 5) is 12.4. The molecular formula is C12H20N2OS. The van der Waals surface area contributed by atoms with Gasteiger partial charge in [-0.05, 0) is 31.1 Å². The maximum absolute atomic E-state index is 12.0. The van der Waals surface area contributed by atoms with Gasteiger partial charge in [0, 0.05) is 5.92 Å². The van der Waals surface area contributed by atoms with Crippen LogP contribution in [0.4, 0.5) is 0 Å².